The second kappa shape index (κ2) is 6.62. The number of nitrogens with zero attached hydrogens (tertiary/aromatic N) is 2. The predicted octanol–water partition coefficient (Wildman–Crippen LogP) is 5.88. The molecule has 0 amide bonds. The van der Waals surface area contributed by atoms with Gasteiger partial charge in [0.15, 0.2) is 0 Å². The number of hydrogen-bond donors (Lipinski definition) is 0. The van der Waals surface area contributed by atoms with Crippen LogP contribution in [0.1, 0.15) is 12.5 Å². The number of azo groups is 1. The lowest BCUT2D eigenvalue weighted by Crippen LogP contribution is -1.76. The normalized spacial score (nSPS) is 12.6. The molecule has 0 N–H and O–H groups in total. The van der Waals surface area contributed by atoms with Crippen LogP contribution < -0.4 is 0 Å². The number of fused-ring (bicyclic) bond motifs is 1. The van der Waals surface area contributed by atoms with Gasteiger partial charge in [-0.2, -0.15) is 5.11 Å². The Bertz CT molecular complexity index is 706. The number of hydrogen-bond acceptors (Lipinski definition) is 2. The van der Waals surface area contributed by atoms with Crippen LogP contribution >= 0.6 is 0 Å². The molecule has 0 aliphatic carbocycles. The van der Waals surface area contributed by atoms with E-state index in [1.165, 1.54) is 10.9 Å². The number of allylic oxidation sites excluding steroid dienone is 4. The molecule has 0 bridgehead atoms. The van der Waals surface area contributed by atoms with Crippen LogP contribution in [0.4, 0.5) is 5.69 Å². The highest BCUT2D eigenvalue weighted by molar-refractivity contribution is 5.92. The first-order valence-corrected chi connectivity index (χ1v) is 6.61. The van der Waals surface area contributed by atoms with Gasteiger partial charge >= 0.3 is 0 Å². The maximum Gasteiger partial charge on any atom is 0.0935 e. The van der Waals surface area contributed by atoms with Gasteiger partial charge in [0.05, 0.1) is 11.4 Å². The zero-order valence-electron chi connectivity index (χ0n) is 11.9. The Kier molecular flexibility index (Phi) is 4.61. The molecule has 100 valence electrons. The molecule has 2 heteroatoms. The molecule has 0 saturated heterocycles. The third-order valence-corrected chi connectivity index (χ3v) is 2.95. The van der Waals surface area contributed by atoms with Crippen molar-refractivity contribution in [2.24, 2.45) is 10.2 Å². The fourth-order valence-electron chi connectivity index (χ4n) is 1.92. The number of aryl methyl sites for hydroxylation is 1. The van der Waals surface area contributed by atoms with E-state index in [2.05, 4.69) is 48.0 Å². The fourth-order valence-corrected chi connectivity index (χ4v) is 1.92. The van der Waals surface area contributed by atoms with Gasteiger partial charge in [0.25, 0.3) is 0 Å². The minimum atomic E-state index is 0.743. The van der Waals surface area contributed by atoms with Crippen molar-refractivity contribution in [1.82, 2.24) is 0 Å². The summed E-state index contributed by atoms with van der Waals surface area (Å²) < 4.78 is 0. The van der Waals surface area contributed by atoms with Crippen molar-refractivity contribution in [2.75, 3.05) is 0 Å². The predicted molar refractivity (Wildman–Crippen MR) is 86.3 cm³/mol. The summed E-state index contributed by atoms with van der Waals surface area (Å²) in [6, 6.07) is 12.4. The van der Waals surface area contributed by atoms with Gasteiger partial charge in [0, 0.05) is 5.39 Å². The van der Waals surface area contributed by atoms with Crippen LogP contribution in [-0.2, 0) is 0 Å². The molecule has 0 aliphatic rings. The van der Waals surface area contributed by atoms with Crippen LogP contribution in [0.3, 0.4) is 0 Å². The van der Waals surface area contributed by atoms with Crippen LogP contribution in [0.25, 0.3) is 10.8 Å². The topological polar surface area (TPSA) is 24.7 Å². The van der Waals surface area contributed by atoms with Crippen LogP contribution in [0.15, 0.2) is 83.2 Å². The first kappa shape index (κ1) is 13.9. The van der Waals surface area contributed by atoms with Gasteiger partial charge in [-0.1, -0.05) is 54.6 Å². The molecule has 0 radical (unpaired) electrons. The average molecular weight is 262 g/mol. The highest BCUT2D eigenvalue weighted by Crippen LogP contribution is 2.27. The summed E-state index contributed by atoms with van der Waals surface area (Å²) in [7, 11) is 0. The Labute approximate surface area is 119 Å². The Morgan fingerprint density at radius 1 is 1.20 bits per heavy atom. The summed E-state index contributed by atoms with van der Waals surface area (Å²) in [5.41, 5.74) is 2.86. The molecule has 2 aromatic rings. The van der Waals surface area contributed by atoms with Crippen molar-refractivity contribution in [3.05, 3.63) is 78.5 Å². The summed E-state index contributed by atoms with van der Waals surface area (Å²) in [6.07, 6.45) is 7.44. The van der Waals surface area contributed by atoms with E-state index >= 15 is 0 Å². The van der Waals surface area contributed by atoms with Gasteiger partial charge in [0.2, 0.25) is 0 Å². The van der Waals surface area contributed by atoms with Crippen LogP contribution in [0.5, 0.6) is 0 Å². The largest absolute Gasteiger partial charge is 0.151 e. The highest BCUT2D eigenvalue weighted by Gasteiger charge is 1.99. The summed E-state index contributed by atoms with van der Waals surface area (Å²) in [5, 5.41) is 10.9. The van der Waals surface area contributed by atoms with Gasteiger partial charge in [-0.05, 0) is 37.5 Å². The van der Waals surface area contributed by atoms with E-state index in [0.29, 0.717) is 0 Å². The highest BCUT2D eigenvalue weighted by atomic mass is 15.1. The Morgan fingerprint density at radius 3 is 2.80 bits per heavy atom. The molecule has 2 nitrogen and oxygen atoms in total. The lowest BCUT2D eigenvalue weighted by Gasteiger charge is -2.02. The Balaban J connectivity index is 2.41. The number of benzene rings is 2. The van der Waals surface area contributed by atoms with E-state index < -0.39 is 0 Å². The Hall–Kier alpha value is -2.48. The minimum Gasteiger partial charge on any atom is -0.151 e. The molecule has 0 atom stereocenters. The van der Waals surface area contributed by atoms with Gasteiger partial charge in [0.1, 0.15) is 0 Å². The first-order chi connectivity index (χ1) is 9.74. The van der Waals surface area contributed by atoms with Crippen molar-refractivity contribution >= 4 is 16.5 Å². The Morgan fingerprint density at radius 2 is 2.05 bits per heavy atom. The van der Waals surface area contributed by atoms with Gasteiger partial charge in [-0.25, -0.2) is 0 Å². The van der Waals surface area contributed by atoms with E-state index in [-0.39, 0.29) is 0 Å². The molecule has 0 fully saturated rings. The smallest absolute Gasteiger partial charge is 0.0935 e. The van der Waals surface area contributed by atoms with E-state index in [4.69, 9.17) is 0 Å². The molecule has 0 heterocycles. The lowest BCUT2D eigenvalue weighted by molar-refractivity contribution is 1.18. The molecule has 2 rings (SSSR count). The summed E-state index contributed by atoms with van der Waals surface area (Å²) in [6.45, 7) is 7.79. The summed E-state index contributed by atoms with van der Waals surface area (Å²) in [4.78, 5) is 0. The molecular weight excluding hydrogens is 244 g/mol. The molecule has 20 heavy (non-hydrogen) atoms. The number of rotatable bonds is 4. The average Bonchev–Trinajstić information content (AvgIpc) is 2.47. The van der Waals surface area contributed by atoms with Gasteiger partial charge in [-0.15, -0.1) is 5.11 Å². The van der Waals surface area contributed by atoms with E-state index in [1.807, 2.05) is 37.3 Å². The van der Waals surface area contributed by atoms with Crippen molar-refractivity contribution in [3.63, 3.8) is 0 Å². The quantitative estimate of drug-likeness (QED) is 0.485. The van der Waals surface area contributed by atoms with E-state index in [9.17, 15) is 0 Å². The summed E-state index contributed by atoms with van der Waals surface area (Å²) >= 11 is 0. The second-order valence-electron chi connectivity index (χ2n) is 4.52. The zero-order chi connectivity index (χ0) is 14.4. The van der Waals surface area contributed by atoms with E-state index in [1.54, 1.807) is 6.08 Å². The third-order valence-electron chi connectivity index (χ3n) is 2.95. The van der Waals surface area contributed by atoms with Gasteiger partial charge < -0.3 is 0 Å². The molecule has 2 aromatic carbocycles. The monoisotopic (exact) mass is 262 g/mol. The van der Waals surface area contributed by atoms with Crippen molar-refractivity contribution in [1.29, 1.82) is 0 Å². The maximum atomic E-state index is 4.34. The van der Waals surface area contributed by atoms with Crippen molar-refractivity contribution in [2.45, 2.75) is 13.8 Å². The van der Waals surface area contributed by atoms with Gasteiger partial charge in [-0.3, -0.25) is 0 Å². The van der Waals surface area contributed by atoms with Crippen LogP contribution in [0.2, 0.25) is 0 Å². The molecule has 0 aliphatic heterocycles. The fraction of sp³-hybridized carbons (Fsp3) is 0.111. The van der Waals surface area contributed by atoms with Crippen molar-refractivity contribution in [3.8, 4) is 0 Å². The maximum absolute atomic E-state index is 4.34. The molecule has 0 saturated carbocycles. The van der Waals surface area contributed by atoms with Crippen LogP contribution in [0, 0.1) is 6.92 Å². The molecule has 0 spiro atoms. The molecule has 0 unspecified atom stereocenters. The zero-order valence-corrected chi connectivity index (χ0v) is 11.9. The first-order valence-electron chi connectivity index (χ1n) is 6.61. The molecular formula is C18H18N2. The minimum absolute atomic E-state index is 0.743. The van der Waals surface area contributed by atoms with Crippen LogP contribution in [-0.4, -0.2) is 0 Å². The lowest BCUT2D eigenvalue weighted by atomic mass is 10.1. The summed E-state index contributed by atoms with van der Waals surface area (Å²) in [5.74, 6) is 0. The standard InChI is InChI=1S/C18H18N2/c1-4-6-9-16(5-2)19-20-18-10-7-8-15-13-14(3)11-12-17(15)18/h4-13H,2H2,1,3H3/b6-4-,16-9+,20-19?. The van der Waals surface area contributed by atoms with E-state index in [0.717, 1.165) is 16.8 Å². The molecule has 0 aromatic heterocycles. The SMILES string of the molecule is C=C/C(=C\C=C/C)N=Nc1cccc2cc(C)ccc12. The third kappa shape index (κ3) is 3.29. The van der Waals surface area contributed by atoms with Crippen molar-refractivity contribution < 1.29 is 0 Å². The second-order valence-corrected chi connectivity index (χ2v) is 4.52.